The predicted molar refractivity (Wildman–Crippen MR) is 67.0 cm³/mol. The number of anilines is 1. The number of nitrogens with zero attached hydrogens (tertiary/aromatic N) is 1. The maximum Gasteiger partial charge on any atom is 0.138 e. The maximum atomic E-state index is 13.4. The molecule has 0 saturated carbocycles. The molecule has 1 aliphatic rings. The van der Waals surface area contributed by atoms with Crippen molar-refractivity contribution in [3.8, 4) is 0 Å². The fourth-order valence-corrected chi connectivity index (χ4v) is 2.22. The second-order valence-corrected chi connectivity index (χ2v) is 4.25. The summed E-state index contributed by atoms with van der Waals surface area (Å²) in [6.07, 6.45) is 1.87. The molecule has 1 aromatic carbocycles. The van der Waals surface area contributed by atoms with Crippen LogP contribution >= 0.6 is 11.8 Å². The Hall–Kier alpha value is -1.23. The second kappa shape index (κ2) is 5.21. The number of halogens is 1. The summed E-state index contributed by atoms with van der Waals surface area (Å²) in [5.41, 5.74) is 0.823. The molecule has 0 spiro atoms. The smallest absolute Gasteiger partial charge is 0.138 e. The van der Waals surface area contributed by atoms with E-state index in [1.807, 2.05) is 12.3 Å². The molecule has 0 bridgehead atoms. The Kier molecular flexibility index (Phi) is 3.66. The van der Waals surface area contributed by atoms with E-state index in [9.17, 15) is 4.39 Å². The largest absolute Gasteiger partial charge is 0.377 e. The number of hydrogen-bond donors (Lipinski definition) is 2. The zero-order valence-electron chi connectivity index (χ0n) is 9.09. The van der Waals surface area contributed by atoms with E-state index in [4.69, 9.17) is 0 Å². The van der Waals surface area contributed by atoms with Crippen LogP contribution in [0.25, 0.3) is 0 Å². The Morgan fingerprint density at radius 3 is 3.12 bits per heavy atom. The SMILES string of the molecule is CSc1c(F)cccc1NCC1=NCCN1. The monoisotopic (exact) mass is 239 g/mol. The van der Waals surface area contributed by atoms with E-state index in [0.29, 0.717) is 11.4 Å². The third kappa shape index (κ3) is 2.47. The highest BCUT2D eigenvalue weighted by molar-refractivity contribution is 7.98. The first kappa shape index (κ1) is 11.3. The van der Waals surface area contributed by atoms with Crippen molar-refractivity contribution in [1.82, 2.24) is 5.32 Å². The van der Waals surface area contributed by atoms with Gasteiger partial charge in [-0.1, -0.05) is 6.07 Å². The number of nitrogens with one attached hydrogen (secondary N) is 2. The zero-order chi connectivity index (χ0) is 11.4. The molecule has 1 aliphatic heterocycles. The average Bonchev–Trinajstić information content (AvgIpc) is 2.79. The van der Waals surface area contributed by atoms with Crippen LogP contribution < -0.4 is 10.6 Å². The van der Waals surface area contributed by atoms with E-state index in [-0.39, 0.29) is 5.82 Å². The number of amidine groups is 1. The van der Waals surface area contributed by atoms with Gasteiger partial charge >= 0.3 is 0 Å². The minimum Gasteiger partial charge on any atom is -0.377 e. The van der Waals surface area contributed by atoms with Crippen LogP contribution in [-0.2, 0) is 0 Å². The number of benzene rings is 1. The topological polar surface area (TPSA) is 36.4 Å². The van der Waals surface area contributed by atoms with Crippen molar-refractivity contribution in [2.45, 2.75) is 4.90 Å². The van der Waals surface area contributed by atoms with E-state index in [1.54, 1.807) is 6.07 Å². The van der Waals surface area contributed by atoms with Gasteiger partial charge in [-0.3, -0.25) is 4.99 Å². The van der Waals surface area contributed by atoms with Gasteiger partial charge in [-0.2, -0.15) is 0 Å². The van der Waals surface area contributed by atoms with Crippen molar-refractivity contribution in [3.63, 3.8) is 0 Å². The van der Waals surface area contributed by atoms with Crippen molar-refractivity contribution in [2.24, 2.45) is 4.99 Å². The summed E-state index contributed by atoms with van der Waals surface area (Å²) in [6.45, 7) is 2.35. The van der Waals surface area contributed by atoms with Gasteiger partial charge in [0.25, 0.3) is 0 Å². The summed E-state index contributed by atoms with van der Waals surface area (Å²) < 4.78 is 13.4. The minimum atomic E-state index is -0.182. The third-order valence-electron chi connectivity index (χ3n) is 2.36. The van der Waals surface area contributed by atoms with Crippen LogP contribution in [-0.4, -0.2) is 31.7 Å². The molecule has 0 unspecified atom stereocenters. The van der Waals surface area contributed by atoms with Crippen LogP contribution in [0.15, 0.2) is 28.1 Å². The molecule has 16 heavy (non-hydrogen) atoms. The molecule has 0 saturated heterocycles. The van der Waals surface area contributed by atoms with Crippen molar-refractivity contribution in [3.05, 3.63) is 24.0 Å². The maximum absolute atomic E-state index is 13.4. The van der Waals surface area contributed by atoms with E-state index >= 15 is 0 Å². The molecular formula is C11H14FN3S. The van der Waals surface area contributed by atoms with Gasteiger partial charge in [0.15, 0.2) is 0 Å². The normalized spacial score (nSPS) is 14.5. The molecule has 0 aromatic heterocycles. The molecule has 0 aliphatic carbocycles. The molecule has 5 heteroatoms. The standard InChI is InChI=1S/C11H14FN3S/c1-16-11-8(12)3-2-4-9(11)15-7-10-13-5-6-14-10/h2-4,15H,5-7H2,1H3,(H,13,14). The molecular weight excluding hydrogens is 225 g/mol. The van der Waals surface area contributed by atoms with Gasteiger partial charge in [0, 0.05) is 6.54 Å². The molecule has 1 heterocycles. The molecule has 2 N–H and O–H groups in total. The van der Waals surface area contributed by atoms with Gasteiger partial charge in [-0.25, -0.2) is 4.39 Å². The Labute approximate surface area is 98.5 Å². The lowest BCUT2D eigenvalue weighted by Crippen LogP contribution is -2.26. The lowest BCUT2D eigenvalue weighted by molar-refractivity contribution is 0.603. The van der Waals surface area contributed by atoms with Crippen molar-refractivity contribution < 1.29 is 4.39 Å². The molecule has 86 valence electrons. The Morgan fingerprint density at radius 1 is 1.56 bits per heavy atom. The van der Waals surface area contributed by atoms with E-state index in [0.717, 1.165) is 24.6 Å². The van der Waals surface area contributed by atoms with Gasteiger partial charge < -0.3 is 10.6 Å². The van der Waals surface area contributed by atoms with Crippen LogP contribution in [0.5, 0.6) is 0 Å². The summed E-state index contributed by atoms with van der Waals surface area (Å²) in [5.74, 6) is 0.759. The molecule has 1 aromatic rings. The minimum absolute atomic E-state index is 0.182. The van der Waals surface area contributed by atoms with Gasteiger partial charge in [0.1, 0.15) is 11.7 Å². The van der Waals surface area contributed by atoms with Crippen LogP contribution in [0.2, 0.25) is 0 Å². The second-order valence-electron chi connectivity index (χ2n) is 3.43. The van der Waals surface area contributed by atoms with Crippen LogP contribution in [0.3, 0.4) is 0 Å². The molecule has 2 rings (SSSR count). The highest BCUT2D eigenvalue weighted by Crippen LogP contribution is 2.27. The first-order valence-electron chi connectivity index (χ1n) is 5.15. The Balaban J connectivity index is 2.05. The molecule has 0 amide bonds. The summed E-state index contributed by atoms with van der Waals surface area (Å²) in [6, 6.07) is 5.06. The fraction of sp³-hybridized carbons (Fsp3) is 0.364. The third-order valence-corrected chi connectivity index (χ3v) is 3.18. The van der Waals surface area contributed by atoms with Gasteiger partial charge in [0.05, 0.1) is 23.7 Å². The van der Waals surface area contributed by atoms with Crippen LogP contribution in [0, 0.1) is 5.82 Å². The number of hydrogen-bond acceptors (Lipinski definition) is 4. The van der Waals surface area contributed by atoms with E-state index < -0.39 is 0 Å². The van der Waals surface area contributed by atoms with Gasteiger partial charge in [0.2, 0.25) is 0 Å². The summed E-state index contributed by atoms with van der Waals surface area (Å²) >= 11 is 1.41. The predicted octanol–water partition coefficient (Wildman–Crippen LogP) is 1.96. The lowest BCUT2D eigenvalue weighted by Gasteiger charge is -2.11. The highest BCUT2D eigenvalue weighted by Gasteiger charge is 2.09. The van der Waals surface area contributed by atoms with Crippen LogP contribution in [0.4, 0.5) is 10.1 Å². The zero-order valence-corrected chi connectivity index (χ0v) is 9.90. The van der Waals surface area contributed by atoms with Crippen molar-refractivity contribution in [1.29, 1.82) is 0 Å². The summed E-state index contributed by atoms with van der Waals surface area (Å²) in [5, 5.41) is 6.36. The number of rotatable bonds is 4. The average molecular weight is 239 g/mol. The molecule has 0 fully saturated rings. The van der Waals surface area contributed by atoms with Crippen molar-refractivity contribution in [2.75, 3.05) is 31.2 Å². The first-order chi connectivity index (χ1) is 7.81. The Morgan fingerprint density at radius 2 is 2.44 bits per heavy atom. The van der Waals surface area contributed by atoms with Gasteiger partial charge in [-0.05, 0) is 18.4 Å². The molecule has 3 nitrogen and oxygen atoms in total. The van der Waals surface area contributed by atoms with Gasteiger partial charge in [-0.15, -0.1) is 11.8 Å². The van der Waals surface area contributed by atoms with Crippen LogP contribution in [0.1, 0.15) is 0 Å². The van der Waals surface area contributed by atoms with E-state index in [1.165, 1.54) is 17.8 Å². The Bertz CT molecular complexity index is 406. The lowest BCUT2D eigenvalue weighted by atomic mass is 10.3. The van der Waals surface area contributed by atoms with Crippen molar-refractivity contribution >= 4 is 23.3 Å². The highest BCUT2D eigenvalue weighted by atomic mass is 32.2. The van der Waals surface area contributed by atoms with E-state index in [2.05, 4.69) is 15.6 Å². The molecule has 0 radical (unpaired) electrons. The quantitative estimate of drug-likeness (QED) is 0.789. The molecule has 0 atom stereocenters. The number of aliphatic imine (C=N–C) groups is 1. The fourth-order valence-electron chi connectivity index (χ4n) is 1.60. The summed E-state index contributed by atoms with van der Waals surface area (Å²) in [4.78, 5) is 4.92. The number of thioether (sulfide) groups is 1. The summed E-state index contributed by atoms with van der Waals surface area (Å²) in [7, 11) is 0. The first-order valence-corrected chi connectivity index (χ1v) is 6.37.